The van der Waals surface area contributed by atoms with E-state index in [9.17, 15) is 9.59 Å². The number of carbonyl (C=O) groups excluding carboxylic acids is 2. The fraction of sp³-hybridized carbons (Fsp3) is 0.217. The van der Waals surface area contributed by atoms with E-state index in [0.29, 0.717) is 17.9 Å². The van der Waals surface area contributed by atoms with E-state index in [0.717, 1.165) is 5.56 Å². The van der Waals surface area contributed by atoms with Gasteiger partial charge in [-0.3, -0.25) is 9.59 Å². The van der Waals surface area contributed by atoms with E-state index in [1.54, 1.807) is 18.4 Å². The fourth-order valence-electron chi connectivity index (χ4n) is 2.81. The average Bonchev–Trinajstić information content (AvgIpc) is 3.27. The maximum absolute atomic E-state index is 12.7. The minimum atomic E-state index is -0.684. The molecule has 2 aromatic carbocycles. The minimum Gasteiger partial charge on any atom is -0.493 e. The normalized spacial score (nSPS) is 11.4. The van der Waals surface area contributed by atoms with Gasteiger partial charge in [0.15, 0.2) is 0 Å². The fourth-order valence-corrected chi connectivity index (χ4v) is 2.81. The molecule has 0 fully saturated rings. The first-order valence-corrected chi connectivity index (χ1v) is 9.52. The second kappa shape index (κ2) is 10.7. The Morgan fingerprint density at radius 2 is 1.66 bits per heavy atom. The van der Waals surface area contributed by atoms with Crippen LogP contribution in [0, 0.1) is 0 Å². The molecule has 1 atom stereocenters. The zero-order valence-corrected chi connectivity index (χ0v) is 16.0. The Bertz CT molecular complexity index is 880. The summed E-state index contributed by atoms with van der Waals surface area (Å²) < 4.78 is 10.8. The second-order valence-electron chi connectivity index (χ2n) is 6.52. The van der Waals surface area contributed by atoms with E-state index < -0.39 is 6.04 Å². The van der Waals surface area contributed by atoms with Crippen LogP contribution in [0.2, 0.25) is 0 Å². The molecule has 0 bridgehead atoms. The summed E-state index contributed by atoms with van der Waals surface area (Å²) in [4.78, 5) is 25.1. The van der Waals surface area contributed by atoms with Crippen LogP contribution in [-0.2, 0) is 22.6 Å². The molecule has 6 heteroatoms. The highest BCUT2D eigenvalue weighted by Gasteiger charge is 2.21. The molecule has 0 saturated heterocycles. The lowest BCUT2D eigenvalue weighted by atomic mass is 10.0. The van der Waals surface area contributed by atoms with Crippen molar-refractivity contribution in [1.82, 2.24) is 10.6 Å². The Morgan fingerprint density at radius 3 is 2.34 bits per heavy atom. The number of furan rings is 1. The average molecular weight is 392 g/mol. The van der Waals surface area contributed by atoms with Gasteiger partial charge in [0, 0.05) is 6.42 Å². The quantitative estimate of drug-likeness (QED) is 0.556. The van der Waals surface area contributed by atoms with Gasteiger partial charge in [-0.2, -0.15) is 0 Å². The minimum absolute atomic E-state index is 0.158. The van der Waals surface area contributed by atoms with Crippen LogP contribution in [0.3, 0.4) is 0 Å². The first-order chi connectivity index (χ1) is 14.2. The highest BCUT2D eigenvalue weighted by atomic mass is 16.5. The third kappa shape index (κ3) is 6.84. The second-order valence-corrected chi connectivity index (χ2v) is 6.52. The molecule has 0 unspecified atom stereocenters. The summed E-state index contributed by atoms with van der Waals surface area (Å²) in [7, 11) is 0. The van der Waals surface area contributed by atoms with Gasteiger partial charge in [0.2, 0.25) is 11.8 Å². The summed E-state index contributed by atoms with van der Waals surface area (Å²) in [5, 5.41) is 5.63. The van der Waals surface area contributed by atoms with Crippen molar-refractivity contribution in [3.8, 4) is 5.75 Å². The van der Waals surface area contributed by atoms with Crippen LogP contribution in [0.4, 0.5) is 0 Å². The van der Waals surface area contributed by atoms with Crippen LogP contribution >= 0.6 is 0 Å². The highest BCUT2D eigenvalue weighted by Crippen LogP contribution is 2.09. The van der Waals surface area contributed by atoms with Crippen LogP contribution in [0.15, 0.2) is 83.5 Å². The lowest BCUT2D eigenvalue weighted by molar-refractivity contribution is -0.129. The number of hydrogen-bond acceptors (Lipinski definition) is 4. The maximum atomic E-state index is 12.7. The summed E-state index contributed by atoms with van der Waals surface area (Å²) in [5.74, 6) is 0.856. The molecule has 150 valence electrons. The Labute approximate surface area is 169 Å². The van der Waals surface area contributed by atoms with Crippen molar-refractivity contribution in [2.45, 2.75) is 25.4 Å². The van der Waals surface area contributed by atoms with E-state index in [1.807, 2.05) is 60.7 Å². The van der Waals surface area contributed by atoms with Crippen LogP contribution in [0.25, 0.3) is 0 Å². The third-order valence-electron chi connectivity index (χ3n) is 4.29. The van der Waals surface area contributed by atoms with Crippen molar-refractivity contribution in [3.63, 3.8) is 0 Å². The van der Waals surface area contributed by atoms with Gasteiger partial charge >= 0.3 is 0 Å². The summed E-state index contributed by atoms with van der Waals surface area (Å²) >= 11 is 0. The number of amides is 2. The molecule has 0 spiro atoms. The number of hydrogen-bond donors (Lipinski definition) is 2. The van der Waals surface area contributed by atoms with Crippen LogP contribution in [-0.4, -0.2) is 24.5 Å². The van der Waals surface area contributed by atoms with Crippen molar-refractivity contribution in [2.75, 3.05) is 6.61 Å². The summed E-state index contributed by atoms with van der Waals surface area (Å²) in [6, 6.07) is 21.7. The first kappa shape index (κ1) is 20.2. The van der Waals surface area contributed by atoms with Gasteiger partial charge in [0.25, 0.3) is 0 Å². The topological polar surface area (TPSA) is 80.6 Å². The number of benzene rings is 2. The van der Waals surface area contributed by atoms with E-state index in [-0.39, 0.29) is 31.4 Å². The Kier molecular flexibility index (Phi) is 7.46. The standard InChI is InChI=1S/C23H24N2O4/c26-22(13-15-29-19-10-5-2-6-11-19)25-21(16-18-8-3-1-4-9-18)23(27)24-17-20-12-7-14-28-20/h1-12,14,21H,13,15-17H2,(H,24,27)(H,25,26)/t21-/m0/s1. The Hall–Kier alpha value is -3.54. The predicted molar refractivity (Wildman–Crippen MR) is 109 cm³/mol. The molecule has 1 aromatic heterocycles. The number of para-hydroxylation sites is 1. The van der Waals surface area contributed by atoms with Gasteiger partial charge in [0.1, 0.15) is 17.6 Å². The van der Waals surface area contributed by atoms with Gasteiger partial charge < -0.3 is 19.8 Å². The molecule has 0 aliphatic carbocycles. The first-order valence-electron chi connectivity index (χ1n) is 9.52. The van der Waals surface area contributed by atoms with Gasteiger partial charge in [-0.05, 0) is 29.8 Å². The third-order valence-corrected chi connectivity index (χ3v) is 4.29. The number of carbonyl (C=O) groups is 2. The van der Waals surface area contributed by atoms with E-state index in [4.69, 9.17) is 9.15 Å². The molecule has 0 aliphatic rings. The van der Waals surface area contributed by atoms with Crippen molar-refractivity contribution < 1.29 is 18.7 Å². The van der Waals surface area contributed by atoms with E-state index in [2.05, 4.69) is 10.6 Å². The number of nitrogens with one attached hydrogen (secondary N) is 2. The smallest absolute Gasteiger partial charge is 0.243 e. The maximum Gasteiger partial charge on any atom is 0.243 e. The molecule has 0 aliphatic heterocycles. The zero-order chi connectivity index (χ0) is 20.3. The van der Waals surface area contributed by atoms with E-state index in [1.165, 1.54) is 0 Å². The van der Waals surface area contributed by atoms with Crippen molar-refractivity contribution in [1.29, 1.82) is 0 Å². The molecule has 2 N–H and O–H groups in total. The van der Waals surface area contributed by atoms with Crippen LogP contribution in [0.1, 0.15) is 17.7 Å². The molecular formula is C23H24N2O4. The van der Waals surface area contributed by atoms with Crippen molar-refractivity contribution >= 4 is 11.8 Å². The van der Waals surface area contributed by atoms with Gasteiger partial charge in [-0.1, -0.05) is 48.5 Å². The molecule has 0 saturated carbocycles. The lowest BCUT2D eigenvalue weighted by Gasteiger charge is -2.18. The van der Waals surface area contributed by atoms with E-state index >= 15 is 0 Å². The lowest BCUT2D eigenvalue weighted by Crippen LogP contribution is -2.48. The Balaban J connectivity index is 1.54. The van der Waals surface area contributed by atoms with Crippen molar-refractivity contribution in [2.24, 2.45) is 0 Å². The molecule has 0 radical (unpaired) electrons. The highest BCUT2D eigenvalue weighted by molar-refractivity contribution is 5.87. The summed E-state index contributed by atoms with van der Waals surface area (Å²) in [5.41, 5.74) is 0.964. The summed E-state index contributed by atoms with van der Waals surface area (Å²) in [6.07, 6.45) is 2.11. The number of ether oxygens (including phenoxy) is 1. The zero-order valence-electron chi connectivity index (χ0n) is 16.0. The molecule has 2 amide bonds. The van der Waals surface area contributed by atoms with Gasteiger partial charge in [-0.25, -0.2) is 0 Å². The monoisotopic (exact) mass is 392 g/mol. The molecule has 3 aromatic rings. The van der Waals surface area contributed by atoms with Crippen molar-refractivity contribution in [3.05, 3.63) is 90.4 Å². The van der Waals surface area contributed by atoms with Crippen LogP contribution in [0.5, 0.6) is 5.75 Å². The molecule has 29 heavy (non-hydrogen) atoms. The van der Waals surface area contributed by atoms with Gasteiger partial charge in [-0.15, -0.1) is 0 Å². The largest absolute Gasteiger partial charge is 0.493 e. The van der Waals surface area contributed by atoms with Gasteiger partial charge in [0.05, 0.1) is 25.8 Å². The molecule has 6 nitrogen and oxygen atoms in total. The molecule has 1 heterocycles. The van der Waals surface area contributed by atoms with Crippen LogP contribution < -0.4 is 15.4 Å². The predicted octanol–water partition coefficient (Wildman–Crippen LogP) is 3.09. The Morgan fingerprint density at radius 1 is 0.931 bits per heavy atom. The molecule has 3 rings (SSSR count). The summed E-state index contributed by atoms with van der Waals surface area (Å²) in [6.45, 7) is 0.506. The molecular weight excluding hydrogens is 368 g/mol. The number of rotatable bonds is 10. The SMILES string of the molecule is O=C(CCOc1ccccc1)N[C@@H](Cc1ccccc1)C(=O)NCc1ccco1.